The van der Waals surface area contributed by atoms with Crippen LogP contribution in [0.1, 0.15) is 32.6 Å². The molecule has 1 N–H and O–H groups in total. The molecule has 0 aliphatic rings. The van der Waals surface area contributed by atoms with Gasteiger partial charge in [0, 0.05) is 13.2 Å². The lowest BCUT2D eigenvalue weighted by Crippen LogP contribution is -2.30. The van der Waals surface area contributed by atoms with Crippen LogP contribution in [0.4, 0.5) is 0 Å². The normalized spacial score (nSPS) is 12.8. The van der Waals surface area contributed by atoms with Gasteiger partial charge in [-0.05, 0) is 32.7 Å². The van der Waals surface area contributed by atoms with E-state index in [1.54, 1.807) is 7.11 Å². The first-order valence-corrected chi connectivity index (χ1v) is 5.14. The first kappa shape index (κ1) is 12.7. The number of unbranched alkanes of at least 4 members (excludes halogenated alkanes) is 3. The molecule has 0 fully saturated rings. The molecule has 1 atom stereocenters. The fourth-order valence-corrected chi connectivity index (χ4v) is 1.25. The molecule has 2 nitrogen and oxygen atoms in total. The quantitative estimate of drug-likeness (QED) is 0.440. The molecule has 78 valence electrons. The summed E-state index contributed by atoms with van der Waals surface area (Å²) in [5.41, 5.74) is 0. The standard InChI is InChI=1S/C11H23NO/c1-4-5-6-7-8-9-12-11(2)10-13-3/h4,11-12H,1,5-10H2,2-3H3. The second kappa shape index (κ2) is 9.75. The van der Waals surface area contributed by atoms with Crippen molar-refractivity contribution in [3.8, 4) is 0 Å². The molecule has 0 amide bonds. The van der Waals surface area contributed by atoms with E-state index in [9.17, 15) is 0 Å². The monoisotopic (exact) mass is 185 g/mol. The Morgan fingerprint density at radius 1 is 1.38 bits per heavy atom. The van der Waals surface area contributed by atoms with E-state index in [1.165, 1.54) is 19.3 Å². The smallest absolute Gasteiger partial charge is 0.0613 e. The molecule has 0 radical (unpaired) electrons. The van der Waals surface area contributed by atoms with Crippen LogP contribution >= 0.6 is 0 Å². The van der Waals surface area contributed by atoms with Crippen molar-refractivity contribution in [2.45, 2.75) is 38.6 Å². The lowest BCUT2D eigenvalue weighted by atomic mass is 10.2. The van der Waals surface area contributed by atoms with Gasteiger partial charge in [0.1, 0.15) is 0 Å². The van der Waals surface area contributed by atoms with Crippen molar-refractivity contribution in [2.75, 3.05) is 20.3 Å². The summed E-state index contributed by atoms with van der Waals surface area (Å²) < 4.78 is 5.02. The van der Waals surface area contributed by atoms with E-state index < -0.39 is 0 Å². The fourth-order valence-electron chi connectivity index (χ4n) is 1.25. The van der Waals surface area contributed by atoms with Gasteiger partial charge >= 0.3 is 0 Å². The Kier molecular flexibility index (Phi) is 9.49. The number of hydrogen-bond donors (Lipinski definition) is 1. The van der Waals surface area contributed by atoms with Gasteiger partial charge in [0.2, 0.25) is 0 Å². The molecule has 0 rings (SSSR count). The number of rotatable bonds is 9. The molecule has 1 unspecified atom stereocenters. The molecule has 0 aliphatic heterocycles. The van der Waals surface area contributed by atoms with Crippen molar-refractivity contribution in [1.82, 2.24) is 5.32 Å². The highest BCUT2D eigenvalue weighted by Crippen LogP contribution is 1.99. The summed E-state index contributed by atoms with van der Waals surface area (Å²) in [5.74, 6) is 0. The summed E-state index contributed by atoms with van der Waals surface area (Å²) in [4.78, 5) is 0. The third kappa shape index (κ3) is 9.57. The van der Waals surface area contributed by atoms with Crippen LogP contribution in [0.3, 0.4) is 0 Å². The van der Waals surface area contributed by atoms with Gasteiger partial charge in [0.05, 0.1) is 6.61 Å². The zero-order chi connectivity index (χ0) is 9.94. The van der Waals surface area contributed by atoms with Crippen LogP contribution < -0.4 is 5.32 Å². The predicted octanol–water partition coefficient (Wildman–Crippen LogP) is 2.36. The zero-order valence-electron chi connectivity index (χ0n) is 9.01. The molecule has 0 saturated carbocycles. The lowest BCUT2D eigenvalue weighted by molar-refractivity contribution is 0.172. The maximum atomic E-state index is 5.02. The minimum Gasteiger partial charge on any atom is -0.383 e. The van der Waals surface area contributed by atoms with E-state index in [4.69, 9.17) is 4.74 Å². The largest absolute Gasteiger partial charge is 0.383 e. The van der Waals surface area contributed by atoms with Gasteiger partial charge < -0.3 is 10.1 Å². The van der Waals surface area contributed by atoms with Crippen molar-refractivity contribution in [1.29, 1.82) is 0 Å². The first-order chi connectivity index (χ1) is 6.31. The number of nitrogens with one attached hydrogen (secondary N) is 1. The average molecular weight is 185 g/mol. The number of hydrogen-bond acceptors (Lipinski definition) is 2. The van der Waals surface area contributed by atoms with E-state index in [0.717, 1.165) is 19.6 Å². The summed E-state index contributed by atoms with van der Waals surface area (Å²) in [5, 5.41) is 3.41. The molecule has 2 heteroatoms. The van der Waals surface area contributed by atoms with Gasteiger partial charge in [-0.1, -0.05) is 12.5 Å². The van der Waals surface area contributed by atoms with Crippen molar-refractivity contribution in [3.05, 3.63) is 12.7 Å². The zero-order valence-corrected chi connectivity index (χ0v) is 9.01. The number of methoxy groups -OCH3 is 1. The van der Waals surface area contributed by atoms with E-state index in [2.05, 4.69) is 18.8 Å². The van der Waals surface area contributed by atoms with Gasteiger partial charge in [-0.15, -0.1) is 6.58 Å². The van der Waals surface area contributed by atoms with Crippen LogP contribution in [0.5, 0.6) is 0 Å². The second-order valence-corrected chi connectivity index (χ2v) is 3.45. The summed E-state index contributed by atoms with van der Waals surface area (Å²) >= 11 is 0. The third-order valence-electron chi connectivity index (χ3n) is 1.99. The maximum Gasteiger partial charge on any atom is 0.0613 e. The fraction of sp³-hybridized carbons (Fsp3) is 0.818. The molecule has 0 aliphatic carbocycles. The average Bonchev–Trinajstić information content (AvgIpc) is 2.11. The van der Waals surface area contributed by atoms with Gasteiger partial charge in [0.25, 0.3) is 0 Å². The van der Waals surface area contributed by atoms with Crippen LogP contribution in [0.25, 0.3) is 0 Å². The molecule has 0 aromatic heterocycles. The second-order valence-electron chi connectivity index (χ2n) is 3.45. The highest BCUT2D eigenvalue weighted by Gasteiger charge is 1.97. The van der Waals surface area contributed by atoms with E-state index in [0.29, 0.717) is 6.04 Å². The molecule has 0 aromatic rings. The van der Waals surface area contributed by atoms with Crippen molar-refractivity contribution in [3.63, 3.8) is 0 Å². The Labute approximate surface area is 82.4 Å². The highest BCUT2D eigenvalue weighted by atomic mass is 16.5. The van der Waals surface area contributed by atoms with Crippen molar-refractivity contribution >= 4 is 0 Å². The maximum absolute atomic E-state index is 5.02. The number of allylic oxidation sites excluding steroid dienone is 1. The van der Waals surface area contributed by atoms with Gasteiger partial charge in [-0.3, -0.25) is 0 Å². The Hall–Kier alpha value is -0.340. The molecule has 13 heavy (non-hydrogen) atoms. The molecule has 0 saturated heterocycles. The van der Waals surface area contributed by atoms with Crippen LogP contribution in [0.15, 0.2) is 12.7 Å². The molecule has 0 bridgehead atoms. The first-order valence-electron chi connectivity index (χ1n) is 5.14. The lowest BCUT2D eigenvalue weighted by Gasteiger charge is -2.11. The van der Waals surface area contributed by atoms with Gasteiger partial charge in [-0.25, -0.2) is 0 Å². The summed E-state index contributed by atoms with van der Waals surface area (Å²) in [7, 11) is 1.74. The molecular formula is C11H23NO. The summed E-state index contributed by atoms with van der Waals surface area (Å²) in [6.45, 7) is 7.74. The number of ether oxygens (including phenoxy) is 1. The Morgan fingerprint density at radius 3 is 2.77 bits per heavy atom. The Balaban J connectivity index is 3.01. The van der Waals surface area contributed by atoms with Crippen molar-refractivity contribution in [2.24, 2.45) is 0 Å². The molecule has 0 aromatic carbocycles. The van der Waals surface area contributed by atoms with Crippen molar-refractivity contribution < 1.29 is 4.74 Å². The Bertz CT molecular complexity index is 115. The van der Waals surface area contributed by atoms with Gasteiger partial charge in [-0.2, -0.15) is 0 Å². The molecule has 0 heterocycles. The SMILES string of the molecule is C=CCCCCCNC(C)COC. The van der Waals surface area contributed by atoms with Crippen LogP contribution in [0.2, 0.25) is 0 Å². The van der Waals surface area contributed by atoms with E-state index >= 15 is 0 Å². The van der Waals surface area contributed by atoms with Crippen LogP contribution in [0, 0.1) is 0 Å². The Morgan fingerprint density at radius 2 is 2.15 bits per heavy atom. The third-order valence-corrected chi connectivity index (χ3v) is 1.99. The van der Waals surface area contributed by atoms with Crippen LogP contribution in [-0.4, -0.2) is 26.3 Å². The summed E-state index contributed by atoms with van der Waals surface area (Å²) in [6.07, 6.45) is 6.94. The van der Waals surface area contributed by atoms with E-state index in [1.807, 2.05) is 6.08 Å². The van der Waals surface area contributed by atoms with E-state index in [-0.39, 0.29) is 0 Å². The predicted molar refractivity (Wildman–Crippen MR) is 58.0 cm³/mol. The van der Waals surface area contributed by atoms with Crippen LogP contribution in [-0.2, 0) is 4.74 Å². The minimum absolute atomic E-state index is 0.476. The molecular weight excluding hydrogens is 162 g/mol. The molecule has 0 spiro atoms. The summed E-state index contributed by atoms with van der Waals surface area (Å²) in [6, 6.07) is 0.476. The highest BCUT2D eigenvalue weighted by molar-refractivity contribution is 4.66. The minimum atomic E-state index is 0.476. The topological polar surface area (TPSA) is 21.3 Å². The van der Waals surface area contributed by atoms with Gasteiger partial charge in [0.15, 0.2) is 0 Å².